The first-order valence-electron chi connectivity index (χ1n) is 12.1. The molecular weight excluding hydrogens is 492 g/mol. The normalized spacial score (nSPS) is 24.4. The van der Waals surface area contributed by atoms with Gasteiger partial charge in [0.15, 0.2) is 18.5 Å². The summed E-state index contributed by atoms with van der Waals surface area (Å²) in [4.78, 5) is 49.1. The number of nitrogens with zero attached hydrogens (tertiary/aromatic N) is 1. The zero-order chi connectivity index (χ0) is 28.6. The molecule has 5 atom stereocenters. The van der Waals surface area contributed by atoms with E-state index in [9.17, 15) is 29.4 Å². The largest absolute Gasteiger partial charge is 0.459 e. The molecule has 0 aromatic rings. The van der Waals surface area contributed by atoms with E-state index in [-0.39, 0.29) is 32.7 Å². The smallest absolute Gasteiger partial charge is 0.320 e. The lowest BCUT2D eigenvalue weighted by Gasteiger charge is -2.41. The Labute approximate surface area is 217 Å². The van der Waals surface area contributed by atoms with E-state index in [1.165, 1.54) is 0 Å². The van der Waals surface area contributed by atoms with Crippen molar-refractivity contribution in [2.45, 2.75) is 97.3 Å². The third-order valence-electron chi connectivity index (χ3n) is 4.74. The van der Waals surface area contributed by atoms with Gasteiger partial charge >= 0.3 is 23.9 Å². The lowest BCUT2D eigenvalue weighted by atomic mass is 9.98. The Morgan fingerprint density at radius 1 is 0.838 bits per heavy atom. The number of rotatable bonds is 11. The fourth-order valence-corrected chi connectivity index (χ4v) is 3.53. The van der Waals surface area contributed by atoms with E-state index in [4.69, 9.17) is 23.7 Å². The highest BCUT2D eigenvalue weighted by Gasteiger charge is 2.48. The summed E-state index contributed by atoms with van der Waals surface area (Å²) in [7, 11) is 0. The van der Waals surface area contributed by atoms with Crippen molar-refractivity contribution in [3.8, 4) is 0 Å². The highest BCUT2D eigenvalue weighted by Crippen LogP contribution is 2.25. The average Bonchev–Trinajstić information content (AvgIpc) is 2.67. The van der Waals surface area contributed by atoms with Crippen LogP contribution in [0.4, 0.5) is 0 Å². The number of hydrogen-bond donors (Lipinski definition) is 3. The third kappa shape index (κ3) is 13.2. The number of aliphatic hydroxyl groups excluding tert-OH is 2. The lowest BCUT2D eigenvalue weighted by Crippen LogP contribution is -2.62. The summed E-state index contributed by atoms with van der Waals surface area (Å²) in [6.07, 6.45) is -6.81. The molecule has 0 aromatic carbocycles. The second-order valence-electron chi connectivity index (χ2n) is 10.8. The molecule has 13 heteroatoms. The van der Waals surface area contributed by atoms with Crippen molar-refractivity contribution in [3.05, 3.63) is 0 Å². The molecule has 3 unspecified atom stereocenters. The summed E-state index contributed by atoms with van der Waals surface area (Å²) in [5, 5.41) is 24.0. The van der Waals surface area contributed by atoms with Crippen LogP contribution in [0, 0.1) is 0 Å². The third-order valence-corrected chi connectivity index (χ3v) is 4.74. The van der Waals surface area contributed by atoms with Crippen molar-refractivity contribution in [1.82, 2.24) is 10.2 Å². The molecule has 3 N–H and O–H groups in total. The number of ether oxygens (including phenoxy) is 5. The monoisotopic (exact) mass is 534 g/mol. The second-order valence-corrected chi connectivity index (χ2v) is 10.8. The van der Waals surface area contributed by atoms with Crippen molar-refractivity contribution >= 4 is 23.9 Å². The van der Waals surface area contributed by atoms with E-state index in [0.717, 1.165) is 13.8 Å². The number of nitrogens with one attached hydrogen (secondary N) is 1. The van der Waals surface area contributed by atoms with E-state index in [1.807, 2.05) is 0 Å². The van der Waals surface area contributed by atoms with Gasteiger partial charge in [-0.05, 0) is 41.5 Å². The number of aliphatic hydroxyl groups is 2. The quantitative estimate of drug-likeness (QED) is 0.176. The minimum atomic E-state index is -1.64. The molecule has 0 aromatic heterocycles. The van der Waals surface area contributed by atoms with Gasteiger partial charge in [-0.1, -0.05) is 0 Å². The van der Waals surface area contributed by atoms with Crippen LogP contribution in [0.25, 0.3) is 0 Å². The second kappa shape index (κ2) is 14.0. The molecule has 0 spiro atoms. The molecule has 0 radical (unpaired) electrons. The van der Waals surface area contributed by atoms with Crippen LogP contribution in [0.15, 0.2) is 0 Å². The number of carbonyl (C=O) groups is 4. The van der Waals surface area contributed by atoms with E-state index in [2.05, 4.69) is 5.32 Å². The fourth-order valence-electron chi connectivity index (χ4n) is 3.53. The Morgan fingerprint density at radius 2 is 1.30 bits per heavy atom. The van der Waals surface area contributed by atoms with Crippen molar-refractivity contribution in [3.63, 3.8) is 0 Å². The molecule has 1 rings (SSSR count). The van der Waals surface area contributed by atoms with Crippen molar-refractivity contribution < 1.29 is 53.1 Å². The maximum atomic E-state index is 12.3. The predicted molar refractivity (Wildman–Crippen MR) is 129 cm³/mol. The maximum absolute atomic E-state index is 12.3. The molecule has 37 heavy (non-hydrogen) atoms. The van der Waals surface area contributed by atoms with Crippen molar-refractivity contribution in [2.75, 3.05) is 32.7 Å². The van der Waals surface area contributed by atoms with Crippen LogP contribution in [-0.2, 0) is 42.9 Å². The number of hydrogen-bond acceptors (Lipinski definition) is 13. The van der Waals surface area contributed by atoms with Gasteiger partial charge in [0.05, 0.1) is 13.1 Å². The first kappa shape index (κ1) is 32.7. The average molecular weight is 535 g/mol. The van der Waals surface area contributed by atoms with Crippen LogP contribution < -0.4 is 5.32 Å². The Bertz CT molecular complexity index is 761. The molecule has 0 aliphatic carbocycles. The Hall–Kier alpha value is -2.32. The van der Waals surface area contributed by atoms with Crippen LogP contribution in [0.2, 0.25) is 0 Å². The molecule has 1 saturated heterocycles. The van der Waals surface area contributed by atoms with E-state index in [0.29, 0.717) is 0 Å². The van der Waals surface area contributed by atoms with Crippen LogP contribution in [0.1, 0.15) is 55.4 Å². The van der Waals surface area contributed by atoms with E-state index < -0.39 is 65.8 Å². The minimum absolute atomic E-state index is 0.00942. The van der Waals surface area contributed by atoms with Gasteiger partial charge in [0.25, 0.3) is 0 Å². The fraction of sp³-hybridized carbons (Fsp3) is 0.833. The highest BCUT2D eigenvalue weighted by atomic mass is 16.7. The standard InChI is InChI=1S/C24H42N2O11/c1-14(27)33-20-19(31)16(35-22(32)21(20)34-15(2)28)11-25-9-10-26(12-17(29)36-23(3,4)5)13-18(30)37-24(6,7)8/h16,19-22,25,31-32H,9-13H2,1-8H3/t16?,19-,20?,21?,22-/m1/s1. The Kier molecular flexibility index (Phi) is 12.4. The van der Waals surface area contributed by atoms with Gasteiger partial charge in [0, 0.05) is 33.5 Å². The molecule has 214 valence electrons. The molecule has 1 fully saturated rings. The minimum Gasteiger partial charge on any atom is -0.459 e. The van der Waals surface area contributed by atoms with Crippen molar-refractivity contribution in [2.24, 2.45) is 0 Å². The summed E-state index contributed by atoms with van der Waals surface area (Å²) in [5.41, 5.74) is -1.38. The molecule has 0 bridgehead atoms. The lowest BCUT2D eigenvalue weighted by molar-refractivity contribution is -0.287. The van der Waals surface area contributed by atoms with Crippen LogP contribution in [-0.4, -0.2) is 114 Å². The predicted octanol–water partition coefficient (Wildman–Crippen LogP) is -0.497. The molecule has 1 aliphatic rings. The number of carbonyl (C=O) groups excluding carboxylic acids is 4. The Balaban J connectivity index is 2.77. The van der Waals surface area contributed by atoms with Gasteiger partial charge in [-0.25, -0.2) is 0 Å². The van der Waals surface area contributed by atoms with Gasteiger partial charge in [0.1, 0.15) is 23.4 Å². The first-order valence-corrected chi connectivity index (χ1v) is 12.1. The first-order chi connectivity index (χ1) is 16.9. The van der Waals surface area contributed by atoms with E-state index >= 15 is 0 Å². The van der Waals surface area contributed by atoms with Gasteiger partial charge in [0.2, 0.25) is 0 Å². The molecule has 1 heterocycles. The summed E-state index contributed by atoms with van der Waals surface area (Å²) in [6, 6.07) is 0. The van der Waals surface area contributed by atoms with Gasteiger partial charge in [-0.15, -0.1) is 0 Å². The Morgan fingerprint density at radius 3 is 1.73 bits per heavy atom. The topological polar surface area (TPSA) is 170 Å². The molecule has 0 amide bonds. The van der Waals surface area contributed by atoms with Gasteiger partial charge < -0.3 is 39.2 Å². The summed E-state index contributed by atoms with van der Waals surface area (Å²) >= 11 is 0. The number of esters is 4. The van der Waals surface area contributed by atoms with Gasteiger partial charge in [-0.3, -0.25) is 24.1 Å². The SMILES string of the molecule is CC(=O)OC1C(OC(C)=O)[C@H](O)OC(CNCCN(CC(=O)OC(C)(C)C)CC(=O)OC(C)(C)C)[C@H]1O. The molecule has 1 aliphatic heterocycles. The molecule has 13 nitrogen and oxygen atoms in total. The maximum Gasteiger partial charge on any atom is 0.320 e. The summed E-state index contributed by atoms with van der Waals surface area (Å²) in [5.74, 6) is -2.50. The van der Waals surface area contributed by atoms with Crippen molar-refractivity contribution in [1.29, 1.82) is 0 Å². The van der Waals surface area contributed by atoms with Crippen LogP contribution in [0.5, 0.6) is 0 Å². The molecular formula is C24H42N2O11. The zero-order valence-corrected chi connectivity index (χ0v) is 22.9. The van der Waals surface area contributed by atoms with Crippen LogP contribution in [0.3, 0.4) is 0 Å². The summed E-state index contributed by atoms with van der Waals surface area (Å²) in [6.45, 7) is 12.8. The summed E-state index contributed by atoms with van der Waals surface area (Å²) < 4.78 is 26.1. The highest BCUT2D eigenvalue weighted by molar-refractivity contribution is 5.75. The van der Waals surface area contributed by atoms with Gasteiger partial charge in [-0.2, -0.15) is 0 Å². The van der Waals surface area contributed by atoms with E-state index in [1.54, 1.807) is 46.4 Å². The van der Waals surface area contributed by atoms with Crippen LogP contribution >= 0.6 is 0 Å². The zero-order valence-electron chi connectivity index (χ0n) is 22.9. The molecule has 0 saturated carbocycles.